The van der Waals surface area contributed by atoms with Crippen molar-refractivity contribution in [2.24, 2.45) is 0 Å². The molecule has 0 aliphatic carbocycles. The first-order chi connectivity index (χ1) is 7.31. The highest BCUT2D eigenvalue weighted by atomic mass is 35.5. The van der Waals surface area contributed by atoms with Crippen molar-refractivity contribution in [3.63, 3.8) is 0 Å². The predicted molar refractivity (Wildman–Crippen MR) is 62.3 cm³/mol. The van der Waals surface area contributed by atoms with Crippen LogP contribution >= 0.6 is 11.6 Å². The minimum atomic E-state index is 0.597. The molecular weight excluding hydrogens is 208 g/mol. The van der Waals surface area contributed by atoms with Crippen molar-refractivity contribution < 1.29 is 4.79 Å². The van der Waals surface area contributed by atoms with E-state index >= 15 is 0 Å². The Morgan fingerprint density at radius 3 is 2.33 bits per heavy atom. The van der Waals surface area contributed by atoms with Crippen LogP contribution in [0.2, 0.25) is 5.02 Å². The van der Waals surface area contributed by atoms with Crippen molar-refractivity contribution in [2.75, 3.05) is 0 Å². The smallest absolute Gasteiger partial charge is 0.150 e. The van der Waals surface area contributed by atoms with Crippen LogP contribution in [0.25, 0.3) is 11.1 Å². The van der Waals surface area contributed by atoms with E-state index in [0.717, 1.165) is 17.4 Å². The molecular formula is C13H9ClO. The number of aldehydes is 1. The van der Waals surface area contributed by atoms with E-state index in [-0.39, 0.29) is 0 Å². The van der Waals surface area contributed by atoms with E-state index in [4.69, 9.17) is 11.6 Å². The molecule has 2 aromatic carbocycles. The number of rotatable bonds is 2. The molecule has 0 heterocycles. The molecule has 0 aliphatic rings. The van der Waals surface area contributed by atoms with Gasteiger partial charge in [0.25, 0.3) is 0 Å². The van der Waals surface area contributed by atoms with Crippen molar-refractivity contribution in [1.82, 2.24) is 0 Å². The van der Waals surface area contributed by atoms with Crippen LogP contribution < -0.4 is 0 Å². The van der Waals surface area contributed by atoms with Crippen molar-refractivity contribution in [1.29, 1.82) is 0 Å². The van der Waals surface area contributed by atoms with Gasteiger partial charge in [-0.2, -0.15) is 0 Å². The molecule has 0 radical (unpaired) electrons. The maximum absolute atomic E-state index is 10.5. The Morgan fingerprint density at radius 2 is 1.73 bits per heavy atom. The van der Waals surface area contributed by atoms with Crippen molar-refractivity contribution >= 4 is 17.9 Å². The molecule has 0 saturated heterocycles. The van der Waals surface area contributed by atoms with E-state index in [9.17, 15) is 4.79 Å². The molecule has 2 heteroatoms. The van der Waals surface area contributed by atoms with E-state index in [2.05, 4.69) is 0 Å². The van der Waals surface area contributed by atoms with Gasteiger partial charge in [0.1, 0.15) is 6.29 Å². The third-order valence-electron chi connectivity index (χ3n) is 2.21. The zero-order valence-electron chi connectivity index (χ0n) is 7.98. The highest BCUT2D eigenvalue weighted by Gasteiger charge is 2.03. The SMILES string of the molecule is O=Cc1ccc(-c2ccccc2)c(Cl)c1. The summed E-state index contributed by atoms with van der Waals surface area (Å²) >= 11 is 6.08. The Balaban J connectivity index is 2.51. The average Bonchev–Trinajstić information content (AvgIpc) is 2.30. The Kier molecular flexibility index (Phi) is 2.84. The molecule has 0 aromatic heterocycles. The molecule has 2 aromatic rings. The van der Waals surface area contributed by atoms with Crippen molar-refractivity contribution in [3.05, 3.63) is 59.1 Å². The maximum Gasteiger partial charge on any atom is 0.150 e. The first kappa shape index (κ1) is 9.94. The molecule has 0 aliphatic heterocycles. The lowest BCUT2D eigenvalue weighted by Crippen LogP contribution is -1.83. The van der Waals surface area contributed by atoms with E-state index in [1.54, 1.807) is 12.1 Å². The highest BCUT2D eigenvalue weighted by Crippen LogP contribution is 2.27. The number of hydrogen-bond donors (Lipinski definition) is 0. The largest absolute Gasteiger partial charge is 0.298 e. The first-order valence-electron chi connectivity index (χ1n) is 4.61. The topological polar surface area (TPSA) is 17.1 Å². The maximum atomic E-state index is 10.5. The van der Waals surface area contributed by atoms with Crippen molar-refractivity contribution in [3.8, 4) is 11.1 Å². The summed E-state index contributed by atoms with van der Waals surface area (Å²) in [5.41, 5.74) is 2.60. The van der Waals surface area contributed by atoms with Crippen LogP contribution in [0.5, 0.6) is 0 Å². The lowest BCUT2D eigenvalue weighted by Gasteiger charge is -2.04. The average molecular weight is 217 g/mol. The van der Waals surface area contributed by atoms with Gasteiger partial charge in [0.15, 0.2) is 0 Å². The van der Waals surface area contributed by atoms with Gasteiger partial charge in [-0.15, -0.1) is 0 Å². The normalized spacial score (nSPS) is 9.93. The number of carbonyl (C=O) groups is 1. The Hall–Kier alpha value is -1.60. The summed E-state index contributed by atoms with van der Waals surface area (Å²) in [6, 6.07) is 15.2. The van der Waals surface area contributed by atoms with Gasteiger partial charge in [-0.05, 0) is 11.6 Å². The third-order valence-corrected chi connectivity index (χ3v) is 2.53. The Labute approximate surface area is 93.3 Å². The van der Waals surface area contributed by atoms with Crippen LogP contribution in [0, 0.1) is 0 Å². The molecule has 74 valence electrons. The van der Waals surface area contributed by atoms with E-state index in [0.29, 0.717) is 10.6 Å². The van der Waals surface area contributed by atoms with Gasteiger partial charge in [0, 0.05) is 16.1 Å². The molecule has 15 heavy (non-hydrogen) atoms. The number of halogens is 1. The molecule has 0 bridgehead atoms. The zero-order valence-corrected chi connectivity index (χ0v) is 8.74. The highest BCUT2D eigenvalue weighted by molar-refractivity contribution is 6.33. The van der Waals surface area contributed by atoms with Gasteiger partial charge in [0.2, 0.25) is 0 Å². The lowest BCUT2D eigenvalue weighted by atomic mass is 10.0. The van der Waals surface area contributed by atoms with Gasteiger partial charge in [-0.1, -0.05) is 54.1 Å². The molecule has 0 amide bonds. The Morgan fingerprint density at radius 1 is 1.00 bits per heavy atom. The minimum Gasteiger partial charge on any atom is -0.298 e. The molecule has 1 nitrogen and oxygen atoms in total. The summed E-state index contributed by atoms with van der Waals surface area (Å²) in [5.74, 6) is 0. The fourth-order valence-corrected chi connectivity index (χ4v) is 1.75. The molecule has 0 saturated carbocycles. The summed E-state index contributed by atoms with van der Waals surface area (Å²) in [7, 11) is 0. The monoisotopic (exact) mass is 216 g/mol. The fraction of sp³-hybridized carbons (Fsp3) is 0. The molecule has 0 N–H and O–H groups in total. The van der Waals surface area contributed by atoms with E-state index < -0.39 is 0 Å². The predicted octanol–water partition coefficient (Wildman–Crippen LogP) is 3.82. The van der Waals surface area contributed by atoms with Crippen molar-refractivity contribution in [2.45, 2.75) is 0 Å². The molecule has 2 rings (SSSR count). The molecule has 0 unspecified atom stereocenters. The lowest BCUT2D eigenvalue weighted by molar-refractivity contribution is 0.112. The standard InChI is InChI=1S/C13H9ClO/c14-13-8-10(9-15)6-7-12(13)11-4-2-1-3-5-11/h1-9H. The minimum absolute atomic E-state index is 0.597. The van der Waals surface area contributed by atoms with E-state index in [1.165, 1.54) is 0 Å². The molecule has 0 spiro atoms. The van der Waals surface area contributed by atoms with Gasteiger partial charge < -0.3 is 0 Å². The second-order valence-corrected chi connectivity index (χ2v) is 3.63. The summed E-state index contributed by atoms with van der Waals surface area (Å²) in [4.78, 5) is 10.5. The van der Waals surface area contributed by atoms with Crippen LogP contribution in [0.15, 0.2) is 48.5 Å². The summed E-state index contributed by atoms with van der Waals surface area (Å²) in [6.45, 7) is 0. The number of carbonyl (C=O) groups excluding carboxylic acids is 1. The zero-order chi connectivity index (χ0) is 10.7. The van der Waals surface area contributed by atoms with Gasteiger partial charge in [0.05, 0.1) is 0 Å². The van der Waals surface area contributed by atoms with Gasteiger partial charge in [-0.3, -0.25) is 4.79 Å². The summed E-state index contributed by atoms with van der Waals surface area (Å²) in [6.07, 6.45) is 0.792. The fourth-order valence-electron chi connectivity index (χ4n) is 1.46. The quantitative estimate of drug-likeness (QED) is 0.698. The number of hydrogen-bond acceptors (Lipinski definition) is 1. The third kappa shape index (κ3) is 2.08. The van der Waals surface area contributed by atoms with Crippen LogP contribution in [-0.4, -0.2) is 6.29 Å². The van der Waals surface area contributed by atoms with E-state index in [1.807, 2.05) is 36.4 Å². The molecule has 0 atom stereocenters. The number of benzene rings is 2. The summed E-state index contributed by atoms with van der Waals surface area (Å²) in [5, 5.41) is 0.603. The first-order valence-corrected chi connectivity index (χ1v) is 4.99. The second kappa shape index (κ2) is 4.28. The Bertz CT molecular complexity index is 477. The molecule has 0 fully saturated rings. The van der Waals surface area contributed by atoms with Gasteiger partial charge in [-0.25, -0.2) is 0 Å². The van der Waals surface area contributed by atoms with Crippen LogP contribution in [0.1, 0.15) is 10.4 Å². The second-order valence-electron chi connectivity index (χ2n) is 3.22. The van der Waals surface area contributed by atoms with Crippen LogP contribution in [0.4, 0.5) is 0 Å². The van der Waals surface area contributed by atoms with Crippen LogP contribution in [0.3, 0.4) is 0 Å². The van der Waals surface area contributed by atoms with Crippen LogP contribution in [-0.2, 0) is 0 Å². The summed E-state index contributed by atoms with van der Waals surface area (Å²) < 4.78 is 0. The van der Waals surface area contributed by atoms with Gasteiger partial charge >= 0.3 is 0 Å².